The number of oxazole rings is 1. The molecule has 0 amide bonds. The normalized spacial score (nSPS) is 12.6. The van der Waals surface area contributed by atoms with E-state index in [0.29, 0.717) is 11.6 Å². The Morgan fingerprint density at radius 1 is 0.727 bits per heavy atom. The van der Waals surface area contributed by atoms with E-state index in [1.54, 1.807) is 0 Å². The van der Waals surface area contributed by atoms with Crippen molar-refractivity contribution < 1.29 is 4.42 Å². The molecule has 0 saturated heterocycles. The fraction of sp³-hybridized carbons (Fsp3) is 0.0345. The monoisotopic (exact) mass is 427 g/mol. The lowest BCUT2D eigenvalue weighted by molar-refractivity contribution is 0.561. The van der Waals surface area contributed by atoms with E-state index in [4.69, 9.17) is 9.41 Å². The van der Waals surface area contributed by atoms with Crippen LogP contribution in [0.1, 0.15) is 17.0 Å². The summed E-state index contributed by atoms with van der Waals surface area (Å²) in [5, 5.41) is 3.66. The van der Waals surface area contributed by atoms with Crippen LogP contribution in [0.15, 0.2) is 107 Å². The molecule has 2 heterocycles. The summed E-state index contributed by atoms with van der Waals surface area (Å²) in [6, 6.07) is 31.2. The standard InChI is InChI=1S/C29H21N3O/c1-18-24-17-27-26(31-19(2)33-27)16-25(24)29(30-18)32-28-22(20-10-5-3-6-11-20)14-9-15-23(28)21-12-7-4-8-13-21/h3-17H,1H2,2H3,(H,30,32). The molecule has 158 valence electrons. The first kappa shape index (κ1) is 19.3. The van der Waals surface area contributed by atoms with Gasteiger partial charge in [0.25, 0.3) is 0 Å². The molecule has 0 atom stereocenters. The predicted octanol–water partition coefficient (Wildman–Crippen LogP) is 7.31. The Morgan fingerprint density at radius 2 is 1.36 bits per heavy atom. The molecule has 4 aromatic carbocycles. The van der Waals surface area contributed by atoms with Gasteiger partial charge in [0.2, 0.25) is 0 Å². The van der Waals surface area contributed by atoms with Crippen LogP contribution in [0.25, 0.3) is 39.1 Å². The summed E-state index contributed by atoms with van der Waals surface area (Å²) in [5.74, 6) is 1.41. The van der Waals surface area contributed by atoms with Crippen molar-refractivity contribution in [3.05, 3.63) is 115 Å². The van der Waals surface area contributed by atoms with Crippen molar-refractivity contribution in [2.45, 2.75) is 6.92 Å². The second kappa shape index (κ2) is 7.61. The maximum absolute atomic E-state index is 5.73. The van der Waals surface area contributed by atoms with Crippen LogP contribution in [-0.4, -0.2) is 10.8 Å². The fourth-order valence-electron chi connectivity index (χ4n) is 4.40. The van der Waals surface area contributed by atoms with Crippen LogP contribution < -0.4 is 5.32 Å². The van der Waals surface area contributed by atoms with E-state index in [1.165, 1.54) is 0 Å². The quantitative estimate of drug-likeness (QED) is 0.328. The van der Waals surface area contributed by atoms with E-state index >= 15 is 0 Å². The number of fused-ring (bicyclic) bond motifs is 2. The van der Waals surface area contributed by atoms with Crippen molar-refractivity contribution in [1.82, 2.24) is 4.98 Å². The smallest absolute Gasteiger partial charge is 0.192 e. The number of amidine groups is 1. The molecule has 4 heteroatoms. The lowest BCUT2D eigenvalue weighted by atomic mass is 9.95. The number of nitrogens with zero attached hydrogens (tertiary/aromatic N) is 2. The topological polar surface area (TPSA) is 50.4 Å². The number of aliphatic imine (C=N–C) groups is 1. The molecule has 4 nitrogen and oxygen atoms in total. The number of hydrogen-bond acceptors (Lipinski definition) is 4. The van der Waals surface area contributed by atoms with E-state index in [2.05, 4.69) is 83.6 Å². The van der Waals surface area contributed by atoms with Gasteiger partial charge in [0, 0.05) is 29.2 Å². The largest absolute Gasteiger partial charge is 0.441 e. The molecule has 1 aliphatic heterocycles. The molecule has 6 rings (SSSR count). The van der Waals surface area contributed by atoms with Crippen molar-refractivity contribution in [2.75, 3.05) is 5.32 Å². The summed E-state index contributed by atoms with van der Waals surface area (Å²) in [6.07, 6.45) is 0. The molecule has 0 spiro atoms. The third kappa shape index (κ3) is 3.33. The van der Waals surface area contributed by atoms with E-state index < -0.39 is 0 Å². The second-order valence-corrected chi connectivity index (χ2v) is 8.09. The Bertz CT molecular complexity index is 1490. The highest BCUT2D eigenvalue weighted by atomic mass is 16.3. The maximum Gasteiger partial charge on any atom is 0.192 e. The molecular weight excluding hydrogens is 406 g/mol. The molecular formula is C29H21N3O. The average molecular weight is 428 g/mol. The molecule has 0 saturated carbocycles. The SMILES string of the molecule is C=C1N=C(Nc2c(-c3ccccc3)cccc2-c2ccccc2)c2cc3nc(C)oc3cc21. The van der Waals surface area contributed by atoms with Crippen LogP contribution in [0, 0.1) is 6.92 Å². The van der Waals surface area contributed by atoms with Crippen LogP contribution >= 0.6 is 0 Å². The first-order valence-electron chi connectivity index (χ1n) is 10.9. The summed E-state index contributed by atoms with van der Waals surface area (Å²) in [6.45, 7) is 6.03. The minimum Gasteiger partial charge on any atom is -0.441 e. The van der Waals surface area contributed by atoms with Gasteiger partial charge < -0.3 is 9.73 Å². The summed E-state index contributed by atoms with van der Waals surface area (Å²) in [5.41, 5.74) is 9.70. The number of aryl methyl sites for hydroxylation is 1. The number of benzene rings is 4. The lowest BCUT2D eigenvalue weighted by Crippen LogP contribution is -2.13. The first-order chi connectivity index (χ1) is 16.2. The van der Waals surface area contributed by atoms with Crippen molar-refractivity contribution in [3.63, 3.8) is 0 Å². The second-order valence-electron chi connectivity index (χ2n) is 8.09. The summed E-state index contributed by atoms with van der Waals surface area (Å²) < 4.78 is 5.73. The molecule has 0 radical (unpaired) electrons. The zero-order chi connectivity index (χ0) is 22.4. The number of anilines is 1. The average Bonchev–Trinajstić information content (AvgIpc) is 3.36. The molecule has 0 fully saturated rings. The molecule has 0 bridgehead atoms. The minimum atomic E-state index is 0.645. The number of hydrogen-bond donors (Lipinski definition) is 1. The zero-order valence-electron chi connectivity index (χ0n) is 18.2. The van der Waals surface area contributed by atoms with Crippen molar-refractivity contribution in [1.29, 1.82) is 0 Å². The Morgan fingerprint density at radius 3 is 2.00 bits per heavy atom. The number of rotatable bonds is 3. The van der Waals surface area contributed by atoms with Crippen molar-refractivity contribution in [2.24, 2.45) is 4.99 Å². The van der Waals surface area contributed by atoms with Gasteiger partial charge in [-0.3, -0.25) is 0 Å². The minimum absolute atomic E-state index is 0.645. The highest BCUT2D eigenvalue weighted by Crippen LogP contribution is 2.39. The predicted molar refractivity (Wildman–Crippen MR) is 135 cm³/mol. The molecule has 1 N–H and O–H groups in total. The van der Waals surface area contributed by atoms with Crippen LogP contribution in [0.4, 0.5) is 5.69 Å². The van der Waals surface area contributed by atoms with Gasteiger partial charge in [0.1, 0.15) is 11.4 Å². The molecule has 1 aliphatic rings. The van der Waals surface area contributed by atoms with Gasteiger partial charge in [0.15, 0.2) is 11.5 Å². The molecule has 5 aromatic rings. The maximum atomic E-state index is 5.73. The number of para-hydroxylation sites is 1. The number of nitrogens with one attached hydrogen (secondary N) is 1. The van der Waals surface area contributed by atoms with Gasteiger partial charge in [0.05, 0.1) is 11.4 Å². The Hall–Kier alpha value is -4.44. The van der Waals surface area contributed by atoms with Gasteiger partial charge in [-0.15, -0.1) is 0 Å². The highest BCUT2D eigenvalue weighted by Gasteiger charge is 2.24. The van der Waals surface area contributed by atoms with Gasteiger partial charge in [-0.05, 0) is 23.3 Å². The Labute approximate surface area is 192 Å². The summed E-state index contributed by atoms with van der Waals surface area (Å²) >= 11 is 0. The van der Waals surface area contributed by atoms with Crippen LogP contribution in [-0.2, 0) is 0 Å². The van der Waals surface area contributed by atoms with Crippen LogP contribution in [0.2, 0.25) is 0 Å². The molecule has 1 aromatic heterocycles. The zero-order valence-corrected chi connectivity index (χ0v) is 18.2. The third-order valence-corrected chi connectivity index (χ3v) is 5.92. The van der Waals surface area contributed by atoms with E-state index in [1.807, 2.05) is 31.2 Å². The molecule has 0 aliphatic carbocycles. The van der Waals surface area contributed by atoms with E-state index in [-0.39, 0.29) is 0 Å². The van der Waals surface area contributed by atoms with Crippen molar-refractivity contribution in [3.8, 4) is 22.3 Å². The van der Waals surface area contributed by atoms with E-state index in [9.17, 15) is 0 Å². The highest BCUT2D eigenvalue weighted by molar-refractivity contribution is 6.19. The van der Waals surface area contributed by atoms with Crippen LogP contribution in [0.5, 0.6) is 0 Å². The lowest BCUT2D eigenvalue weighted by Gasteiger charge is -2.18. The van der Waals surface area contributed by atoms with Crippen molar-refractivity contribution >= 4 is 28.3 Å². The number of aromatic nitrogens is 1. The third-order valence-electron chi connectivity index (χ3n) is 5.92. The molecule has 33 heavy (non-hydrogen) atoms. The Kier molecular flexibility index (Phi) is 4.44. The van der Waals surface area contributed by atoms with E-state index in [0.717, 1.165) is 56.0 Å². The van der Waals surface area contributed by atoms with Gasteiger partial charge in [-0.25, -0.2) is 9.98 Å². The summed E-state index contributed by atoms with van der Waals surface area (Å²) in [4.78, 5) is 9.30. The first-order valence-corrected chi connectivity index (χ1v) is 10.9. The molecule has 0 unspecified atom stereocenters. The fourth-order valence-corrected chi connectivity index (χ4v) is 4.40. The summed E-state index contributed by atoms with van der Waals surface area (Å²) in [7, 11) is 0. The van der Waals surface area contributed by atoms with Gasteiger partial charge >= 0.3 is 0 Å². The van der Waals surface area contributed by atoms with Gasteiger partial charge in [-0.2, -0.15) is 0 Å². The van der Waals surface area contributed by atoms with Crippen LogP contribution in [0.3, 0.4) is 0 Å². The van der Waals surface area contributed by atoms with Gasteiger partial charge in [-0.1, -0.05) is 85.4 Å². The Balaban J connectivity index is 1.52.